The van der Waals surface area contributed by atoms with Crippen LogP contribution in [0.15, 0.2) is 30.3 Å². The van der Waals surface area contributed by atoms with E-state index in [1.54, 1.807) is 12.1 Å². The molecule has 1 aliphatic rings. The predicted octanol–water partition coefficient (Wildman–Crippen LogP) is 1.91. The van der Waals surface area contributed by atoms with Crippen molar-refractivity contribution >= 4 is 11.9 Å². The number of amides is 1. The Balaban J connectivity index is 1.90. The van der Waals surface area contributed by atoms with Crippen LogP contribution >= 0.6 is 0 Å². The highest BCUT2D eigenvalue weighted by Crippen LogP contribution is 2.23. The second-order valence-corrected chi connectivity index (χ2v) is 4.68. The number of carboxylic acids is 1. The zero-order valence-corrected chi connectivity index (χ0v) is 10.1. The van der Waals surface area contributed by atoms with Crippen molar-refractivity contribution in [2.24, 2.45) is 0 Å². The molecule has 1 saturated carbocycles. The molecule has 0 saturated heterocycles. The SMILES string of the molecule is O=C(CCC(C(=O)O)c1ccccc1)NC1CC1. The van der Waals surface area contributed by atoms with Crippen LogP contribution < -0.4 is 5.32 Å². The largest absolute Gasteiger partial charge is 0.481 e. The first kappa shape index (κ1) is 12.6. The van der Waals surface area contributed by atoms with Gasteiger partial charge >= 0.3 is 5.97 Å². The van der Waals surface area contributed by atoms with Gasteiger partial charge in [-0.15, -0.1) is 0 Å². The lowest BCUT2D eigenvalue weighted by atomic mass is 9.94. The summed E-state index contributed by atoms with van der Waals surface area (Å²) >= 11 is 0. The van der Waals surface area contributed by atoms with E-state index in [9.17, 15) is 14.7 Å². The van der Waals surface area contributed by atoms with Gasteiger partial charge in [0.2, 0.25) is 5.91 Å². The van der Waals surface area contributed by atoms with Gasteiger partial charge < -0.3 is 10.4 Å². The lowest BCUT2D eigenvalue weighted by Crippen LogP contribution is -2.26. The Bertz CT molecular complexity index is 426. The molecule has 0 bridgehead atoms. The smallest absolute Gasteiger partial charge is 0.310 e. The standard InChI is InChI=1S/C14H17NO3/c16-13(15-11-6-7-11)9-8-12(14(17)18)10-4-2-1-3-5-10/h1-5,11-12H,6-9H2,(H,15,16)(H,17,18). The zero-order valence-electron chi connectivity index (χ0n) is 10.1. The number of rotatable bonds is 6. The third-order valence-electron chi connectivity index (χ3n) is 3.10. The Morgan fingerprint density at radius 2 is 1.94 bits per heavy atom. The molecule has 1 aliphatic carbocycles. The van der Waals surface area contributed by atoms with Crippen LogP contribution in [0.1, 0.15) is 37.2 Å². The molecular formula is C14H17NO3. The van der Waals surface area contributed by atoms with E-state index in [0.717, 1.165) is 18.4 Å². The van der Waals surface area contributed by atoms with Crippen molar-refractivity contribution in [3.8, 4) is 0 Å². The molecule has 4 heteroatoms. The molecule has 0 radical (unpaired) electrons. The van der Waals surface area contributed by atoms with E-state index in [4.69, 9.17) is 0 Å². The van der Waals surface area contributed by atoms with Crippen molar-refractivity contribution in [1.82, 2.24) is 5.32 Å². The molecule has 0 spiro atoms. The summed E-state index contributed by atoms with van der Waals surface area (Å²) in [5.41, 5.74) is 0.754. The van der Waals surface area contributed by atoms with Crippen molar-refractivity contribution < 1.29 is 14.7 Å². The Kier molecular flexibility index (Phi) is 3.97. The van der Waals surface area contributed by atoms with Crippen LogP contribution in [-0.4, -0.2) is 23.0 Å². The molecule has 1 aromatic rings. The van der Waals surface area contributed by atoms with E-state index >= 15 is 0 Å². The van der Waals surface area contributed by atoms with E-state index in [2.05, 4.69) is 5.32 Å². The third kappa shape index (κ3) is 3.58. The Labute approximate surface area is 106 Å². The average molecular weight is 247 g/mol. The van der Waals surface area contributed by atoms with Gasteiger partial charge in [-0.3, -0.25) is 9.59 Å². The molecule has 0 aromatic heterocycles. The summed E-state index contributed by atoms with van der Waals surface area (Å²) in [5.74, 6) is -1.52. The van der Waals surface area contributed by atoms with Gasteiger partial charge in [0.05, 0.1) is 5.92 Å². The maximum atomic E-state index is 11.5. The zero-order chi connectivity index (χ0) is 13.0. The highest BCUT2D eigenvalue weighted by molar-refractivity contribution is 5.79. The normalized spacial score (nSPS) is 16.0. The maximum Gasteiger partial charge on any atom is 0.310 e. The van der Waals surface area contributed by atoms with Crippen LogP contribution in [-0.2, 0) is 9.59 Å². The topological polar surface area (TPSA) is 66.4 Å². The van der Waals surface area contributed by atoms with Crippen molar-refractivity contribution in [2.45, 2.75) is 37.6 Å². The predicted molar refractivity (Wildman–Crippen MR) is 67.2 cm³/mol. The number of aliphatic carboxylic acids is 1. The summed E-state index contributed by atoms with van der Waals surface area (Å²) in [7, 11) is 0. The van der Waals surface area contributed by atoms with Crippen molar-refractivity contribution in [1.29, 1.82) is 0 Å². The molecule has 1 unspecified atom stereocenters. The fraction of sp³-hybridized carbons (Fsp3) is 0.429. The molecule has 1 aromatic carbocycles. The second kappa shape index (κ2) is 5.67. The number of hydrogen-bond acceptors (Lipinski definition) is 2. The molecule has 0 heterocycles. The van der Waals surface area contributed by atoms with E-state index < -0.39 is 11.9 Å². The molecule has 1 amide bonds. The quantitative estimate of drug-likeness (QED) is 0.807. The van der Waals surface area contributed by atoms with Crippen LogP contribution in [0, 0.1) is 0 Å². The lowest BCUT2D eigenvalue weighted by molar-refractivity contribution is -0.139. The van der Waals surface area contributed by atoms with Crippen LogP contribution in [0.25, 0.3) is 0 Å². The fourth-order valence-corrected chi connectivity index (χ4v) is 1.92. The average Bonchev–Trinajstić information content (AvgIpc) is 3.14. The van der Waals surface area contributed by atoms with E-state index in [1.165, 1.54) is 0 Å². The minimum Gasteiger partial charge on any atom is -0.481 e. The first-order valence-corrected chi connectivity index (χ1v) is 6.24. The summed E-state index contributed by atoms with van der Waals surface area (Å²) < 4.78 is 0. The van der Waals surface area contributed by atoms with Gasteiger partial charge in [0.25, 0.3) is 0 Å². The number of carboxylic acid groups (broad SMARTS) is 1. The third-order valence-corrected chi connectivity index (χ3v) is 3.10. The highest BCUT2D eigenvalue weighted by Gasteiger charge is 2.25. The Morgan fingerprint density at radius 3 is 2.50 bits per heavy atom. The van der Waals surface area contributed by atoms with Crippen LogP contribution in [0.4, 0.5) is 0 Å². The van der Waals surface area contributed by atoms with Crippen LogP contribution in [0.3, 0.4) is 0 Å². The number of carbonyl (C=O) groups excluding carboxylic acids is 1. The molecule has 2 rings (SSSR count). The molecule has 2 N–H and O–H groups in total. The Morgan fingerprint density at radius 1 is 1.28 bits per heavy atom. The monoisotopic (exact) mass is 247 g/mol. The molecule has 96 valence electrons. The number of carbonyl (C=O) groups is 2. The van der Waals surface area contributed by atoms with Gasteiger partial charge in [0.15, 0.2) is 0 Å². The highest BCUT2D eigenvalue weighted by atomic mass is 16.4. The second-order valence-electron chi connectivity index (χ2n) is 4.68. The van der Waals surface area contributed by atoms with Gasteiger partial charge in [-0.05, 0) is 24.8 Å². The summed E-state index contributed by atoms with van der Waals surface area (Å²) in [6, 6.07) is 9.39. The summed E-state index contributed by atoms with van der Waals surface area (Å²) in [6.45, 7) is 0. The first-order chi connectivity index (χ1) is 8.66. The maximum absolute atomic E-state index is 11.5. The molecular weight excluding hydrogens is 230 g/mol. The number of hydrogen-bond donors (Lipinski definition) is 2. The molecule has 1 atom stereocenters. The fourth-order valence-electron chi connectivity index (χ4n) is 1.92. The van der Waals surface area contributed by atoms with E-state index in [-0.39, 0.29) is 12.3 Å². The summed E-state index contributed by atoms with van der Waals surface area (Å²) in [6.07, 6.45) is 2.71. The number of benzene rings is 1. The molecule has 1 fully saturated rings. The molecule has 18 heavy (non-hydrogen) atoms. The van der Waals surface area contributed by atoms with Crippen LogP contribution in [0.5, 0.6) is 0 Å². The van der Waals surface area contributed by atoms with Crippen molar-refractivity contribution in [3.05, 3.63) is 35.9 Å². The molecule has 4 nitrogen and oxygen atoms in total. The Hall–Kier alpha value is -1.84. The van der Waals surface area contributed by atoms with Crippen molar-refractivity contribution in [2.75, 3.05) is 0 Å². The van der Waals surface area contributed by atoms with Gasteiger partial charge in [0, 0.05) is 12.5 Å². The van der Waals surface area contributed by atoms with Crippen molar-refractivity contribution in [3.63, 3.8) is 0 Å². The summed E-state index contributed by atoms with van der Waals surface area (Å²) in [5, 5.41) is 12.1. The van der Waals surface area contributed by atoms with E-state index in [0.29, 0.717) is 12.5 Å². The lowest BCUT2D eigenvalue weighted by Gasteiger charge is -2.12. The van der Waals surface area contributed by atoms with Crippen LogP contribution in [0.2, 0.25) is 0 Å². The molecule has 0 aliphatic heterocycles. The summed E-state index contributed by atoms with van der Waals surface area (Å²) in [4.78, 5) is 22.8. The van der Waals surface area contributed by atoms with Gasteiger partial charge in [-0.25, -0.2) is 0 Å². The first-order valence-electron chi connectivity index (χ1n) is 6.24. The minimum atomic E-state index is -0.875. The van der Waals surface area contributed by atoms with Gasteiger partial charge in [-0.1, -0.05) is 30.3 Å². The minimum absolute atomic E-state index is 0.0420. The van der Waals surface area contributed by atoms with Gasteiger partial charge in [0.1, 0.15) is 0 Å². The van der Waals surface area contributed by atoms with Gasteiger partial charge in [-0.2, -0.15) is 0 Å². The van der Waals surface area contributed by atoms with E-state index in [1.807, 2.05) is 18.2 Å². The number of nitrogens with one attached hydrogen (secondary N) is 1.